The first kappa shape index (κ1) is 25.0. The van der Waals surface area contributed by atoms with Crippen molar-refractivity contribution in [3.63, 3.8) is 0 Å². The molecular formula is C26H22F3N3O4. The monoisotopic (exact) mass is 497 g/mol. The number of nitrogens with zero attached hydrogens (tertiary/aromatic N) is 3. The maximum absolute atomic E-state index is 13.9. The summed E-state index contributed by atoms with van der Waals surface area (Å²) in [5, 5.41) is 19.3. The van der Waals surface area contributed by atoms with E-state index in [9.17, 15) is 32.7 Å². The molecule has 2 unspecified atom stereocenters. The summed E-state index contributed by atoms with van der Waals surface area (Å²) in [6.45, 7) is 2.14. The fraction of sp³-hybridized carbons (Fsp3) is 0.308. The molecule has 0 saturated carbocycles. The van der Waals surface area contributed by atoms with Crippen molar-refractivity contribution in [3.05, 3.63) is 76.5 Å². The number of likely N-dealkylation sites (tertiary alicyclic amines) is 1. The van der Waals surface area contributed by atoms with Crippen LogP contribution in [0.15, 0.2) is 59.8 Å². The SMILES string of the molecule is CC1=C(C(=O)O)C(c2ccc(C#N)cc2)C(C(=O)N2CCCC2)C(=O)N1c1cccc(C(F)(F)F)c1. The minimum Gasteiger partial charge on any atom is -0.478 e. The molecule has 10 heteroatoms. The number of hydrogen-bond donors (Lipinski definition) is 1. The number of anilines is 1. The van der Waals surface area contributed by atoms with Crippen LogP contribution in [0.25, 0.3) is 0 Å². The average molecular weight is 497 g/mol. The second-order valence-electron chi connectivity index (χ2n) is 8.75. The third kappa shape index (κ3) is 4.44. The minimum absolute atomic E-state index is 0.0772. The van der Waals surface area contributed by atoms with Gasteiger partial charge in [-0.05, 0) is 55.7 Å². The number of carbonyl (C=O) groups is 3. The lowest BCUT2D eigenvalue weighted by Gasteiger charge is -2.40. The van der Waals surface area contributed by atoms with Gasteiger partial charge in [0.1, 0.15) is 5.92 Å². The fourth-order valence-electron chi connectivity index (χ4n) is 4.90. The number of allylic oxidation sites excluding steroid dienone is 1. The van der Waals surface area contributed by atoms with Crippen molar-refractivity contribution < 1.29 is 32.7 Å². The largest absolute Gasteiger partial charge is 0.478 e. The number of rotatable bonds is 4. The van der Waals surface area contributed by atoms with E-state index in [1.54, 1.807) is 0 Å². The van der Waals surface area contributed by atoms with E-state index in [1.165, 1.54) is 42.2 Å². The quantitative estimate of drug-likeness (QED) is 0.635. The maximum Gasteiger partial charge on any atom is 0.416 e. The Labute approximate surface area is 205 Å². The summed E-state index contributed by atoms with van der Waals surface area (Å²) in [5.74, 6) is -5.46. The van der Waals surface area contributed by atoms with Crippen molar-refractivity contribution in [2.24, 2.45) is 5.92 Å². The molecule has 2 aromatic carbocycles. The second kappa shape index (κ2) is 9.49. The zero-order valence-electron chi connectivity index (χ0n) is 19.2. The lowest BCUT2D eigenvalue weighted by molar-refractivity contribution is -0.142. The summed E-state index contributed by atoms with van der Waals surface area (Å²) < 4.78 is 40.2. The molecule has 2 heterocycles. The molecule has 2 atom stereocenters. The van der Waals surface area contributed by atoms with E-state index in [4.69, 9.17) is 5.26 Å². The van der Waals surface area contributed by atoms with Gasteiger partial charge in [0.2, 0.25) is 11.8 Å². The van der Waals surface area contributed by atoms with Gasteiger partial charge in [-0.2, -0.15) is 18.4 Å². The minimum atomic E-state index is -4.68. The van der Waals surface area contributed by atoms with E-state index in [-0.39, 0.29) is 17.0 Å². The number of hydrogen-bond acceptors (Lipinski definition) is 4. The molecule has 1 fully saturated rings. The van der Waals surface area contributed by atoms with Crippen LogP contribution >= 0.6 is 0 Å². The number of carboxylic acid groups (broad SMARTS) is 1. The Hall–Kier alpha value is -4.13. The molecule has 2 aliphatic heterocycles. The zero-order valence-corrected chi connectivity index (χ0v) is 19.2. The van der Waals surface area contributed by atoms with Crippen molar-refractivity contribution in [2.45, 2.75) is 31.9 Å². The highest BCUT2D eigenvalue weighted by Gasteiger charge is 2.49. The van der Waals surface area contributed by atoms with Gasteiger partial charge in [-0.25, -0.2) is 4.79 Å². The van der Waals surface area contributed by atoms with Gasteiger partial charge in [-0.3, -0.25) is 14.5 Å². The highest BCUT2D eigenvalue weighted by molar-refractivity contribution is 6.14. The molecule has 0 aliphatic carbocycles. The highest BCUT2D eigenvalue weighted by Crippen LogP contribution is 2.44. The van der Waals surface area contributed by atoms with Crippen molar-refractivity contribution in [1.82, 2.24) is 4.90 Å². The molecular weight excluding hydrogens is 475 g/mol. The summed E-state index contributed by atoms with van der Waals surface area (Å²) in [7, 11) is 0. The Morgan fingerprint density at radius 1 is 1.08 bits per heavy atom. The Morgan fingerprint density at radius 2 is 1.72 bits per heavy atom. The van der Waals surface area contributed by atoms with Crippen LogP contribution in [-0.2, 0) is 20.6 Å². The Kier molecular flexibility index (Phi) is 6.59. The fourth-order valence-corrected chi connectivity index (χ4v) is 4.90. The van der Waals surface area contributed by atoms with Crippen LogP contribution in [0.1, 0.15) is 42.4 Å². The summed E-state index contributed by atoms with van der Waals surface area (Å²) in [6, 6.07) is 11.9. The molecule has 0 bridgehead atoms. The number of amides is 2. The molecule has 1 N–H and O–H groups in total. The van der Waals surface area contributed by atoms with Gasteiger partial charge in [-0.15, -0.1) is 0 Å². The number of aliphatic carboxylic acids is 1. The molecule has 1 saturated heterocycles. The van der Waals surface area contributed by atoms with Gasteiger partial charge in [-0.1, -0.05) is 18.2 Å². The third-order valence-electron chi connectivity index (χ3n) is 6.60. The third-order valence-corrected chi connectivity index (χ3v) is 6.60. The van der Waals surface area contributed by atoms with Crippen LogP contribution in [0.3, 0.4) is 0 Å². The molecule has 2 aliphatic rings. The number of benzene rings is 2. The molecule has 4 rings (SSSR count). The number of halogens is 3. The molecule has 0 spiro atoms. The smallest absolute Gasteiger partial charge is 0.416 e. The maximum atomic E-state index is 13.9. The van der Waals surface area contributed by atoms with Gasteiger partial charge in [0.15, 0.2) is 0 Å². The molecule has 186 valence electrons. The topological polar surface area (TPSA) is 102 Å². The lowest BCUT2D eigenvalue weighted by Crippen LogP contribution is -2.51. The van der Waals surface area contributed by atoms with Crippen LogP contribution in [0, 0.1) is 17.2 Å². The number of carbonyl (C=O) groups excluding carboxylic acids is 2. The highest BCUT2D eigenvalue weighted by atomic mass is 19.4. The average Bonchev–Trinajstić information content (AvgIpc) is 3.38. The number of alkyl halides is 3. The van der Waals surface area contributed by atoms with Gasteiger partial charge in [0, 0.05) is 30.4 Å². The first-order valence-electron chi connectivity index (χ1n) is 11.3. The molecule has 0 aromatic heterocycles. The molecule has 36 heavy (non-hydrogen) atoms. The van der Waals surface area contributed by atoms with Gasteiger partial charge >= 0.3 is 12.1 Å². The Bertz CT molecular complexity index is 1290. The second-order valence-corrected chi connectivity index (χ2v) is 8.75. The van der Waals surface area contributed by atoms with Crippen LogP contribution in [-0.4, -0.2) is 40.9 Å². The van der Waals surface area contributed by atoms with Gasteiger partial charge < -0.3 is 10.0 Å². The first-order valence-corrected chi connectivity index (χ1v) is 11.3. The number of nitriles is 1. The number of carboxylic acids is 1. The van der Waals surface area contributed by atoms with Gasteiger partial charge in [0.25, 0.3) is 0 Å². The van der Waals surface area contributed by atoms with Crippen LogP contribution < -0.4 is 4.90 Å². The van der Waals surface area contributed by atoms with E-state index in [0.717, 1.165) is 35.9 Å². The van der Waals surface area contributed by atoms with E-state index in [2.05, 4.69) is 0 Å². The van der Waals surface area contributed by atoms with Crippen LogP contribution in [0.5, 0.6) is 0 Å². The van der Waals surface area contributed by atoms with Crippen molar-refractivity contribution in [1.29, 1.82) is 5.26 Å². The summed E-state index contributed by atoms with van der Waals surface area (Å²) in [4.78, 5) is 42.4. The molecule has 0 radical (unpaired) electrons. The lowest BCUT2D eigenvalue weighted by atomic mass is 9.75. The van der Waals surface area contributed by atoms with E-state index in [1.807, 2.05) is 6.07 Å². The summed E-state index contributed by atoms with van der Waals surface area (Å²) in [6.07, 6.45) is -3.23. The van der Waals surface area contributed by atoms with Crippen LogP contribution in [0.2, 0.25) is 0 Å². The Morgan fingerprint density at radius 3 is 2.28 bits per heavy atom. The van der Waals surface area contributed by atoms with E-state index >= 15 is 0 Å². The summed E-state index contributed by atoms with van der Waals surface area (Å²) in [5.41, 5.74) is -0.870. The summed E-state index contributed by atoms with van der Waals surface area (Å²) >= 11 is 0. The molecule has 2 amide bonds. The normalized spacial score (nSPS) is 20.5. The van der Waals surface area contributed by atoms with Crippen molar-refractivity contribution in [3.8, 4) is 6.07 Å². The van der Waals surface area contributed by atoms with Crippen LogP contribution in [0.4, 0.5) is 18.9 Å². The molecule has 2 aromatic rings. The van der Waals surface area contributed by atoms with Gasteiger partial charge in [0.05, 0.1) is 22.8 Å². The van der Waals surface area contributed by atoms with E-state index < -0.39 is 41.4 Å². The standard InChI is InChI=1S/C26H22F3N3O4/c1-15-20(25(35)36)21(17-9-7-16(14-30)8-10-17)22(23(33)31-11-2-3-12-31)24(34)32(15)19-6-4-5-18(13-19)26(27,28)29/h4-10,13,21-22H,2-3,11-12H2,1H3,(H,35,36). The molecule has 7 nitrogen and oxygen atoms in total. The first-order chi connectivity index (χ1) is 17.0. The Balaban J connectivity index is 1.93. The van der Waals surface area contributed by atoms with Crippen molar-refractivity contribution >= 4 is 23.5 Å². The zero-order chi connectivity index (χ0) is 26.2. The van der Waals surface area contributed by atoms with E-state index in [0.29, 0.717) is 24.2 Å². The van der Waals surface area contributed by atoms with Crippen molar-refractivity contribution in [2.75, 3.05) is 18.0 Å². The predicted octanol–water partition coefficient (Wildman–Crippen LogP) is 4.30. The predicted molar refractivity (Wildman–Crippen MR) is 122 cm³/mol.